The first-order valence-corrected chi connectivity index (χ1v) is 5.24. The maximum Gasteiger partial charge on any atom is 0.239 e. The van der Waals surface area contributed by atoms with Crippen LogP contribution in [0.1, 0.15) is 33.1 Å². The van der Waals surface area contributed by atoms with E-state index >= 15 is 0 Å². The van der Waals surface area contributed by atoms with Gasteiger partial charge in [0.2, 0.25) is 17.7 Å². The minimum atomic E-state index is -0.616. The molecule has 0 heterocycles. The molecule has 1 atom stereocenters. The molecule has 4 N–H and O–H groups in total. The molecule has 0 aromatic heterocycles. The van der Waals surface area contributed by atoms with Crippen molar-refractivity contribution in [1.82, 2.24) is 10.6 Å². The van der Waals surface area contributed by atoms with Crippen molar-refractivity contribution in [2.45, 2.75) is 39.2 Å². The van der Waals surface area contributed by atoms with Gasteiger partial charge in [0.1, 0.15) is 6.04 Å². The van der Waals surface area contributed by atoms with E-state index in [0.717, 1.165) is 6.42 Å². The predicted octanol–water partition coefficient (Wildman–Crippen LogP) is -0.717. The number of primary amides is 1. The standard InChI is InChI=1S/C10H19N3O3/c1-7(14)12-6-4-3-5-9(10(11)16)13-8(2)15/h9H,3-6H2,1-2H3,(H2,11,16)(H,12,14)(H,13,15). The van der Waals surface area contributed by atoms with Crippen molar-refractivity contribution >= 4 is 17.7 Å². The van der Waals surface area contributed by atoms with Gasteiger partial charge in [0.15, 0.2) is 0 Å². The minimum Gasteiger partial charge on any atom is -0.368 e. The second-order valence-corrected chi connectivity index (χ2v) is 3.63. The smallest absolute Gasteiger partial charge is 0.239 e. The molecule has 0 aliphatic heterocycles. The van der Waals surface area contributed by atoms with Crippen molar-refractivity contribution in [1.29, 1.82) is 0 Å². The van der Waals surface area contributed by atoms with Gasteiger partial charge in [-0.2, -0.15) is 0 Å². The molecule has 0 saturated heterocycles. The normalized spacial score (nSPS) is 11.6. The third-order valence-corrected chi connectivity index (χ3v) is 2.01. The molecule has 0 aromatic carbocycles. The Morgan fingerprint density at radius 2 is 1.75 bits per heavy atom. The third-order valence-electron chi connectivity index (χ3n) is 2.01. The topological polar surface area (TPSA) is 101 Å². The molecule has 0 rings (SSSR count). The molecular weight excluding hydrogens is 210 g/mol. The number of nitrogens with two attached hydrogens (primary N) is 1. The van der Waals surface area contributed by atoms with E-state index in [1.807, 2.05) is 0 Å². The second-order valence-electron chi connectivity index (χ2n) is 3.63. The summed E-state index contributed by atoms with van der Waals surface area (Å²) in [4.78, 5) is 32.3. The molecule has 3 amide bonds. The van der Waals surface area contributed by atoms with Crippen molar-refractivity contribution in [2.75, 3.05) is 6.54 Å². The highest BCUT2D eigenvalue weighted by Crippen LogP contribution is 2.00. The molecule has 0 aliphatic carbocycles. The van der Waals surface area contributed by atoms with Crippen molar-refractivity contribution in [3.8, 4) is 0 Å². The van der Waals surface area contributed by atoms with E-state index in [9.17, 15) is 14.4 Å². The van der Waals surface area contributed by atoms with Crippen LogP contribution in [0.5, 0.6) is 0 Å². The summed E-state index contributed by atoms with van der Waals surface area (Å²) in [7, 11) is 0. The number of unbranched alkanes of at least 4 members (excludes halogenated alkanes) is 1. The Balaban J connectivity index is 3.72. The molecule has 1 unspecified atom stereocenters. The molecule has 0 fully saturated rings. The van der Waals surface area contributed by atoms with E-state index in [-0.39, 0.29) is 11.8 Å². The molecule has 92 valence electrons. The number of rotatable bonds is 7. The van der Waals surface area contributed by atoms with Crippen LogP contribution in [0.2, 0.25) is 0 Å². The molecule has 0 bridgehead atoms. The lowest BCUT2D eigenvalue weighted by Gasteiger charge is -2.13. The van der Waals surface area contributed by atoms with Crippen molar-refractivity contribution in [3.63, 3.8) is 0 Å². The molecule has 0 saturated carbocycles. The first-order chi connectivity index (χ1) is 7.43. The van der Waals surface area contributed by atoms with Gasteiger partial charge in [-0.3, -0.25) is 14.4 Å². The molecule has 6 nitrogen and oxygen atoms in total. The highest BCUT2D eigenvalue weighted by atomic mass is 16.2. The Hall–Kier alpha value is -1.59. The zero-order valence-electron chi connectivity index (χ0n) is 9.71. The Bertz CT molecular complexity index is 266. The minimum absolute atomic E-state index is 0.0756. The molecule has 6 heteroatoms. The van der Waals surface area contributed by atoms with Crippen LogP contribution >= 0.6 is 0 Å². The highest BCUT2D eigenvalue weighted by Gasteiger charge is 2.15. The average molecular weight is 229 g/mol. The van der Waals surface area contributed by atoms with Gasteiger partial charge in [-0.15, -0.1) is 0 Å². The number of amides is 3. The Morgan fingerprint density at radius 3 is 2.19 bits per heavy atom. The summed E-state index contributed by atoms with van der Waals surface area (Å²) in [6.45, 7) is 3.36. The van der Waals surface area contributed by atoms with Gasteiger partial charge in [0.25, 0.3) is 0 Å². The van der Waals surface area contributed by atoms with Gasteiger partial charge in [-0.1, -0.05) is 0 Å². The lowest BCUT2D eigenvalue weighted by Crippen LogP contribution is -2.43. The molecular formula is C10H19N3O3. The van der Waals surface area contributed by atoms with E-state index in [0.29, 0.717) is 19.4 Å². The molecule has 0 aromatic rings. The Morgan fingerprint density at radius 1 is 1.12 bits per heavy atom. The summed E-state index contributed by atoms with van der Waals surface area (Å²) >= 11 is 0. The van der Waals surface area contributed by atoms with Crippen LogP contribution < -0.4 is 16.4 Å². The molecule has 16 heavy (non-hydrogen) atoms. The Kier molecular flexibility index (Phi) is 6.91. The summed E-state index contributed by atoms with van der Waals surface area (Å²) in [5.74, 6) is -0.881. The number of hydrogen-bond acceptors (Lipinski definition) is 3. The van der Waals surface area contributed by atoms with Gasteiger partial charge in [0, 0.05) is 20.4 Å². The molecule has 0 aliphatic rings. The summed E-state index contributed by atoms with van der Waals surface area (Å²) in [5, 5.41) is 5.12. The fraction of sp³-hybridized carbons (Fsp3) is 0.700. The monoisotopic (exact) mass is 229 g/mol. The average Bonchev–Trinajstić information content (AvgIpc) is 2.14. The molecule has 0 spiro atoms. The van der Waals surface area contributed by atoms with Gasteiger partial charge in [-0.05, 0) is 19.3 Å². The molecule has 0 radical (unpaired) electrons. The van der Waals surface area contributed by atoms with E-state index < -0.39 is 11.9 Å². The van der Waals surface area contributed by atoms with E-state index in [1.165, 1.54) is 13.8 Å². The Labute approximate surface area is 94.9 Å². The van der Waals surface area contributed by atoms with Crippen LogP contribution in [-0.4, -0.2) is 30.3 Å². The van der Waals surface area contributed by atoms with Crippen molar-refractivity contribution in [2.24, 2.45) is 5.73 Å². The first-order valence-electron chi connectivity index (χ1n) is 5.24. The van der Waals surface area contributed by atoms with Crippen LogP contribution in [0.3, 0.4) is 0 Å². The summed E-state index contributed by atoms with van der Waals surface area (Å²) in [6, 6.07) is -0.616. The van der Waals surface area contributed by atoms with Crippen LogP contribution in [0, 0.1) is 0 Å². The maximum atomic E-state index is 10.9. The van der Waals surface area contributed by atoms with E-state index in [1.54, 1.807) is 0 Å². The third kappa shape index (κ3) is 7.78. The van der Waals surface area contributed by atoms with Crippen LogP contribution in [0.25, 0.3) is 0 Å². The zero-order chi connectivity index (χ0) is 12.6. The summed E-state index contributed by atoms with van der Waals surface area (Å²) < 4.78 is 0. The maximum absolute atomic E-state index is 10.9. The number of nitrogens with one attached hydrogen (secondary N) is 2. The van der Waals surface area contributed by atoms with E-state index in [4.69, 9.17) is 5.73 Å². The van der Waals surface area contributed by atoms with Gasteiger partial charge in [0.05, 0.1) is 0 Å². The van der Waals surface area contributed by atoms with E-state index in [2.05, 4.69) is 10.6 Å². The van der Waals surface area contributed by atoms with Gasteiger partial charge in [-0.25, -0.2) is 0 Å². The highest BCUT2D eigenvalue weighted by molar-refractivity contribution is 5.85. The van der Waals surface area contributed by atoms with Crippen LogP contribution in [-0.2, 0) is 14.4 Å². The number of carbonyl (C=O) groups excluding carboxylic acids is 3. The van der Waals surface area contributed by atoms with Gasteiger partial charge < -0.3 is 16.4 Å². The fourth-order valence-corrected chi connectivity index (χ4v) is 1.27. The SMILES string of the molecule is CC(=O)NCCCCC(NC(C)=O)C(N)=O. The number of hydrogen-bond donors (Lipinski definition) is 3. The first kappa shape index (κ1) is 14.4. The summed E-state index contributed by atoms with van der Waals surface area (Å²) in [6.07, 6.45) is 1.96. The largest absolute Gasteiger partial charge is 0.368 e. The predicted molar refractivity (Wildman–Crippen MR) is 59.3 cm³/mol. The second kappa shape index (κ2) is 7.67. The lowest BCUT2D eigenvalue weighted by molar-refractivity contribution is -0.126. The lowest BCUT2D eigenvalue weighted by atomic mass is 10.1. The quantitative estimate of drug-likeness (QED) is 0.502. The van der Waals surface area contributed by atoms with Crippen molar-refractivity contribution < 1.29 is 14.4 Å². The van der Waals surface area contributed by atoms with Crippen LogP contribution in [0.4, 0.5) is 0 Å². The zero-order valence-corrected chi connectivity index (χ0v) is 9.71. The van der Waals surface area contributed by atoms with Crippen molar-refractivity contribution in [3.05, 3.63) is 0 Å². The number of carbonyl (C=O) groups is 3. The fourth-order valence-electron chi connectivity index (χ4n) is 1.27. The summed E-state index contributed by atoms with van der Waals surface area (Å²) in [5.41, 5.74) is 5.12. The van der Waals surface area contributed by atoms with Crippen LogP contribution in [0.15, 0.2) is 0 Å². The van der Waals surface area contributed by atoms with Gasteiger partial charge >= 0.3 is 0 Å².